The molecule has 2 saturated heterocycles. The average molecular weight is 514 g/mol. The van der Waals surface area contributed by atoms with Crippen LogP contribution in [-0.2, 0) is 9.59 Å². The number of nitrogens with zero attached hydrogens (tertiary/aromatic N) is 4. The maximum Gasteiger partial charge on any atom is 0.332 e. The van der Waals surface area contributed by atoms with Crippen LogP contribution >= 0.6 is 23.2 Å². The molecular formula is C25H25Cl2N5O3. The first-order valence-electron chi connectivity index (χ1n) is 11.3. The first-order chi connectivity index (χ1) is 16.7. The van der Waals surface area contributed by atoms with Crippen molar-refractivity contribution in [3.63, 3.8) is 0 Å². The van der Waals surface area contributed by atoms with E-state index in [4.69, 9.17) is 28.9 Å². The van der Waals surface area contributed by atoms with E-state index in [1.54, 1.807) is 36.2 Å². The van der Waals surface area contributed by atoms with E-state index in [2.05, 4.69) is 6.07 Å². The van der Waals surface area contributed by atoms with Crippen LogP contribution in [0, 0.1) is 11.3 Å². The summed E-state index contributed by atoms with van der Waals surface area (Å²) in [6.45, 7) is 0.823. The molecule has 4 amide bonds. The molecule has 10 heteroatoms. The van der Waals surface area contributed by atoms with Crippen molar-refractivity contribution in [3.05, 3.63) is 63.6 Å². The zero-order chi connectivity index (χ0) is 25.3. The Labute approximate surface area is 213 Å². The molecule has 2 aliphatic rings. The highest BCUT2D eigenvalue weighted by Gasteiger charge is 2.64. The second kappa shape index (κ2) is 9.86. The number of anilines is 1. The molecule has 1 spiro atoms. The van der Waals surface area contributed by atoms with E-state index in [0.29, 0.717) is 35.0 Å². The number of amides is 4. The molecule has 2 atom stereocenters. The number of urea groups is 1. The van der Waals surface area contributed by atoms with Crippen LogP contribution in [0.1, 0.15) is 36.3 Å². The number of likely N-dealkylation sites (tertiary alicyclic amines) is 1. The van der Waals surface area contributed by atoms with Gasteiger partial charge in [-0.25, -0.2) is 9.69 Å². The van der Waals surface area contributed by atoms with Crippen LogP contribution < -0.4 is 10.6 Å². The van der Waals surface area contributed by atoms with Crippen LogP contribution in [0.4, 0.5) is 10.5 Å². The Morgan fingerprint density at radius 1 is 1.14 bits per heavy atom. The number of imide groups is 1. The second-order valence-corrected chi connectivity index (χ2v) is 9.71. The van der Waals surface area contributed by atoms with Crippen molar-refractivity contribution in [3.8, 4) is 6.07 Å². The molecule has 0 aliphatic carbocycles. The monoisotopic (exact) mass is 513 g/mol. The lowest BCUT2D eigenvalue weighted by Crippen LogP contribution is -2.54. The Balaban J connectivity index is 1.77. The lowest BCUT2D eigenvalue weighted by molar-refractivity contribution is -0.131. The highest BCUT2D eigenvalue weighted by molar-refractivity contribution is 6.35. The summed E-state index contributed by atoms with van der Waals surface area (Å²) in [6, 6.07) is 13.0. The van der Waals surface area contributed by atoms with Crippen molar-refractivity contribution >= 4 is 46.7 Å². The van der Waals surface area contributed by atoms with Crippen molar-refractivity contribution in [2.24, 2.45) is 5.73 Å². The van der Waals surface area contributed by atoms with Gasteiger partial charge >= 0.3 is 6.03 Å². The number of hydrogen-bond donors (Lipinski definition) is 1. The largest absolute Gasteiger partial charge is 0.339 e. The Morgan fingerprint density at radius 2 is 1.80 bits per heavy atom. The third-order valence-electron chi connectivity index (χ3n) is 6.81. The number of likely N-dealkylation sites (N-methyl/N-ethyl adjacent to an activating group) is 1. The number of hydrogen-bond acceptors (Lipinski definition) is 5. The van der Waals surface area contributed by atoms with E-state index in [1.807, 2.05) is 0 Å². The summed E-state index contributed by atoms with van der Waals surface area (Å²) in [5.74, 6) is -1.03. The van der Waals surface area contributed by atoms with Gasteiger partial charge in [0.2, 0.25) is 5.91 Å². The third-order valence-corrected chi connectivity index (χ3v) is 7.24. The Hall–Kier alpha value is -3.12. The van der Waals surface area contributed by atoms with Crippen LogP contribution in [0.15, 0.2) is 42.5 Å². The zero-order valence-electron chi connectivity index (χ0n) is 19.2. The quantitative estimate of drug-likeness (QED) is 0.466. The van der Waals surface area contributed by atoms with Gasteiger partial charge < -0.3 is 15.5 Å². The minimum absolute atomic E-state index is 0.0605. The smallest absolute Gasteiger partial charge is 0.332 e. The molecule has 2 aromatic rings. The molecule has 1 unspecified atom stereocenters. The normalized spacial score (nSPS) is 21.8. The van der Waals surface area contributed by atoms with E-state index in [9.17, 15) is 19.6 Å². The van der Waals surface area contributed by atoms with Crippen molar-refractivity contribution in [1.82, 2.24) is 9.80 Å². The molecule has 2 aromatic carbocycles. The van der Waals surface area contributed by atoms with Crippen molar-refractivity contribution in [1.29, 1.82) is 5.26 Å². The van der Waals surface area contributed by atoms with Crippen LogP contribution in [-0.4, -0.2) is 59.9 Å². The summed E-state index contributed by atoms with van der Waals surface area (Å²) in [5, 5.41) is 9.78. The second-order valence-electron chi connectivity index (χ2n) is 8.84. The van der Waals surface area contributed by atoms with E-state index < -0.39 is 23.4 Å². The Morgan fingerprint density at radius 3 is 2.40 bits per heavy atom. The van der Waals surface area contributed by atoms with Gasteiger partial charge in [0.15, 0.2) is 0 Å². The number of halogens is 2. The van der Waals surface area contributed by atoms with Gasteiger partial charge in [0.05, 0.1) is 23.9 Å². The topological polar surface area (TPSA) is 111 Å². The van der Waals surface area contributed by atoms with Gasteiger partial charge in [-0.15, -0.1) is 0 Å². The summed E-state index contributed by atoms with van der Waals surface area (Å²) >= 11 is 12.3. The van der Waals surface area contributed by atoms with Crippen molar-refractivity contribution in [2.45, 2.75) is 30.7 Å². The number of nitriles is 1. The van der Waals surface area contributed by atoms with Crippen molar-refractivity contribution in [2.75, 3.05) is 31.6 Å². The van der Waals surface area contributed by atoms with Gasteiger partial charge in [0.1, 0.15) is 5.54 Å². The van der Waals surface area contributed by atoms with Gasteiger partial charge in [-0.1, -0.05) is 35.3 Å². The summed E-state index contributed by atoms with van der Waals surface area (Å²) < 4.78 is 0. The SMILES string of the molecule is CN1C(=O)N(c2cc(Cl)cc(Cl)c2)C(=O)C12CN(C(=O)CCCCN)C[C@H]2c1ccc(C#N)cc1. The summed E-state index contributed by atoms with van der Waals surface area (Å²) in [4.78, 5) is 44.7. The fraction of sp³-hybridized carbons (Fsp3) is 0.360. The fourth-order valence-electron chi connectivity index (χ4n) is 4.97. The molecule has 2 fully saturated rings. The molecule has 35 heavy (non-hydrogen) atoms. The minimum Gasteiger partial charge on any atom is -0.339 e. The van der Waals surface area contributed by atoms with Crippen LogP contribution in [0.25, 0.3) is 0 Å². The number of benzene rings is 2. The molecule has 2 aliphatic heterocycles. The van der Waals surface area contributed by atoms with E-state index >= 15 is 0 Å². The molecule has 2 heterocycles. The number of carbonyl (C=O) groups is 3. The van der Waals surface area contributed by atoms with E-state index in [0.717, 1.165) is 16.9 Å². The number of unbranched alkanes of at least 4 members (excludes halogenated alkanes) is 1. The van der Waals surface area contributed by atoms with Crippen molar-refractivity contribution < 1.29 is 14.4 Å². The van der Waals surface area contributed by atoms with Gasteiger partial charge in [0, 0.05) is 36.0 Å². The Bertz CT molecular complexity index is 1190. The first kappa shape index (κ1) is 25.0. The van der Waals surface area contributed by atoms with E-state index in [-0.39, 0.29) is 24.7 Å². The highest BCUT2D eigenvalue weighted by atomic mass is 35.5. The predicted molar refractivity (Wildman–Crippen MR) is 133 cm³/mol. The number of rotatable bonds is 6. The van der Waals surface area contributed by atoms with Gasteiger partial charge in [-0.05, 0) is 55.3 Å². The summed E-state index contributed by atoms with van der Waals surface area (Å²) in [6.07, 6.45) is 1.69. The maximum absolute atomic E-state index is 14.1. The molecule has 8 nitrogen and oxygen atoms in total. The van der Waals surface area contributed by atoms with Crippen LogP contribution in [0.3, 0.4) is 0 Å². The lowest BCUT2D eigenvalue weighted by Gasteiger charge is -2.33. The maximum atomic E-state index is 14.1. The fourth-order valence-corrected chi connectivity index (χ4v) is 5.49. The van der Waals surface area contributed by atoms with Gasteiger partial charge in [-0.2, -0.15) is 5.26 Å². The predicted octanol–water partition coefficient (Wildman–Crippen LogP) is 3.76. The molecule has 182 valence electrons. The highest BCUT2D eigenvalue weighted by Crippen LogP contribution is 2.46. The molecule has 4 rings (SSSR count). The first-order valence-corrected chi connectivity index (χ1v) is 12.0. The zero-order valence-corrected chi connectivity index (χ0v) is 20.7. The molecule has 0 aromatic heterocycles. The van der Waals surface area contributed by atoms with Gasteiger partial charge in [0.25, 0.3) is 5.91 Å². The molecule has 0 saturated carbocycles. The number of carbonyl (C=O) groups excluding carboxylic acids is 3. The molecule has 0 bridgehead atoms. The standard InChI is InChI=1S/C25H25Cl2N5O3/c1-30-24(35)32(20-11-18(26)10-19(27)12-20)23(34)25(30)15-31(22(33)4-2-3-9-28)14-21(25)17-7-5-16(13-29)6-8-17/h5-8,10-12,21H,2-4,9,14-15,28H2,1H3/t21-,25?/m0/s1. The van der Waals surface area contributed by atoms with E-state index in [1.165, 1.54) is 23.1 Å². The molecule has 0 radical (unpaired) electrons. The van der Waals surface area contributed by atoms with Crippen LogP contribution in [0.2, 0.25) is 10.0 Å². The summed E-state index contributed by atoms with van der Waals surface area (Å²) in [7, 11) is 1.57. The molecule has 2 N–H and O–H groups in total. The molecular weight excluding hydrogens is 489 g/mol. The minimum atomic E-state index is -1.32. The lowest BCUT2D eigenvalue weighted by atomic mass is 9.80. The van der Waals surface area contributed by atoms with Crippen LogP contribution in [0.5, 0.6) is 0 Å². The summed E-state index contributed by atoms with van der Waals surface area (Å²) in [5.41, 5.74) is 5.77. The Kier molecular flexibility index (Phi) is 7.04. The average Bonchev–Trinajstić information content (AvgIpc) is 3.32. The third kappa shape index (κ3) is 4.36. The number of nitrogens with two attached hydrogens (primary N) is 1. The van der Waals surface area contributed by atoms with Gasteiger partial charge in [-0.3, -0.25) is 9.59 Å².